The number of carbonyl (C=O) groups is 1. The summed E-state index contributed by atoms with van der Waals surface area (Å²) in [6.45, 7) is 6.28. The van der Waals surface area contributed by atoms with Gasteiger partial charge in [0.1, 0.15) is 5.60 Å². The predicted octanol–water partition coefficient (Wildman–Crippen LogP) is 3.15. The summed E-state index contributed by atoms with van der Waals surface area (Å²) >= 11 is 0. The fraction of sp³-hybridized carbons (Fsp3) is 0.929. The molecule has 3 atom stereocenters. The third-order valence-electron chi connectivity index (χ3n) is 5.63. The Hall–Kier alpha value is -0.530. The van der Waals surface area contributed by atoms with E-state index in [0.717, 1.165) is 24.7 Å². The highest BCUT2D eigenvalue weighted by atomic mass is 16.6. The molecule has 90 valence electrons. The van der Waals surface area contributed by atoms with Crippen molar-refractivity contribution in [2.45, 2.75) is 58.5 Å². The van der Waals surface area contributed by atoms with Crippen molar-refractivity contribution in [3.05, 3.63) is 0 Å². The standard InChI is InChI=1S/C14H22O2/c1-9-13(3)5-11-4-12(6-13)8-14(9,7-11)16-10(2)15/h9,11-12H,4-8H2,1-3H3. The molecule has 0 heterocycles. The number of hydrogen-bond acceptors (Lipinski definition) is 2. The zero-order valence-electron chi connectivity index (χ0n) is 10.6. The summed E-state index contributed by atoms with van der Waals surface area (Å²) in [5, 5.41) is 0. The van der Waals surface area contributed by atoms with Gasteiger partial charge in [0, 0.05) is 12.8 Å². The second-order valence-electron chi connectivity index (χ2n) is 6.82. The maximum absolute atomic E-state index is 11.4. The molecule has 4 fully saturated rings. The molecular formula is C14H22O2. The van der Waals surface area contributed by atoms with Gasteiger partial charge in [0.2, 0.25) is 0 Å². The van der Waals surface area contributed by atoms with Crippen molar-refractivity contribution in [1.29, 1.82) is 0 Å². The summed E-state index contributed by atoms with van der Waals surface area (Å²) in [5.41, 5.74) is 0.324. The highest BCUT2D eigenvalue weighted by Gasteiger charge is 2.62. The monoisotopic (exact) mass is 222 g/mol. The Morgan fingerprint density at radius 1 is 1.19 bits per heavy atom. The molecule has 2 nitrogen and oxygen atoms in total. The van der Waals surface area contributed by atoms with Crippen molar-refractivity contribution in [2.24, 2.45) is 23.2 Å². The molecular weight excluding hydrogens is 200 g/mol. The largest absolute Gasteiger partial charge is 0.459 e. The molecule has 4 aliphatic carbocycles. The van der Waals surface area contributed by atoms with E-state index in [1.807, 2.05) is 0 Å². The van der Waals surface area contributed by atoms with Gasteiger partial charge in [0.05, 0.1) is 0 Å². The van der Waals surface area contributed by atoms with Crippen LogP contribution in [-0.4, -0.2) is 11.6 Å². The van der Waals surface area contributed by atoms with E-state index in [-0.39, 0.29) is 11.6 Å². The lowest BCUT2D eigenvalue weighted by Gasteiger charge is -2.64. The van der Waals surface area contributed by atoms with Crippen LogP contribution in [0.4, 0.5) is 0 Å². The Labute approximate surface area is 97.7 Å². The lowest BCUT2D eigenvalue weighted by Crippen LogP contribution is -2.62. The summed E-state index contributed by atoms with van der Waals surface area (Å²) in [7, 11) is 0. The van der Waals surface area contributed by atoms with Crippen molar-refractivity contribution < 1.29 is 9.53 Å². The van der Waals surface area contributed by atoms with Gasteiger partial charge >= 0.3 is 5.97 Å². The SMILES string of the molecule is CC(=O)OC12CC3CC(CC(C)(C3)C1C)C2. The van der Waals surface area contributed by atoms with Crippen LogP contribution >= 0.6 is 0 Å². The first-order valence-electron chi connectivity index (χ1n) is 6.63. The summed E-state index contributed by atoms with van der Waals surface area (Å²) in [5.74, 6) is 2.08. The van der Waals surface area contributed by atoms with Gasteiger partial charge in [-0.1, -0.05) is 13.8 Å². The summed E-state index contributed by atoms with van der Waals surface area (Å²) in [4.78, 5) is 11.4. The van der Waals surface area contributed by atoms with E-state index in [1.54, 1.807) is 6.92 Å². The molecule has 4 bridgehead atoms. The molecule has 0 aromatic carbocycles. The van der Waals surface area contributed by atoms with Crippen molar-refractivity contribution in [1.82, 2.24) is 0 Å². The Morgan fingerprint density at radius 2 is 1.75 bits per heavy atom. The molecule has 0 spiro atoms. The first-order chi connectivity index (χ1) is 7.43. The molecule has 16 heavy (non-hydrogen) atoms. The van der Waals surface area contributed by atoms with Gasteiger partial charge in [-0.2, -0.15) is 0 Å². The Morgan fingerprint density at radius 3 is 2.25 bits per heavy atom. The molecule has 4 saturated carbocycles. The molecule has 0 aromatic heterocycles. The van der Waals surface area contributed by atoms with E-state index >= 15 is 0 Å². The van der Waals surface area contributed by atoms with Gasteiger partial charge < -0.3 is 4.74 Å². The van der Waals surface area contributed by atoms with E-state index in [4.69, 9.17) is 4.74 Å². The van der Waals surface area contributed by atoms with Crippen LogP contribution in [0.1, 0.15) is 52.9 Å². The zero-order valence-corrected chi connectivity index (χ0v) is 10.6. The van der Waals surface area contributed by atoms with Crippen LogP contribution in [0.2, 0.25) is 0 Å². The number of hydrogen-bond donors (Lipinski definition) is 0. The van der Waals surface area contributed by atoms with Crippen LogP contribution in [0.25, 0.3) is 0 Å². The topological polar surface area (TPSA) is 26.3 Å². The molecule has 0 N–H and O–H groups in total. The van der Waals surface area contributed by atoms with Crippen molar-refractivity contribution in [3.63, 3.8) is 0 Å². The van der Waals surface area contributed by atoms with Gasteiger partial charge in [0.15, 0.2) is 0 Å². The fourth-order valence-electron chi connectivity index (χ4n) is 5.21. The number of ether oxygens (including phenoxy) is 1. The second-order valence-corrected chi connectivity index (χ2v) is 6.82. The smallest absolute Gasteiger partial charge is 0.303 e. The van der Waals surface area contributed by atoms with Crippen LogP contribution in [0.15, 0.2) is 0 Å². The normalized spacial score (nSPS) is 54.1. The average Bonchev–Trinajstić information content (AvgIpc) is 2.11. The molecule has 3 unspecified atom stereocenters. The van der Waals surface area contributed by atoms with Gasteiger partial charge in [0.25, 0.3) is 0 Å². The van der Waals surface area contributed by atoms with Crippen LogP contribution in [0, 0.1) is 23.2 Å². The number of esters is 1. The zero-order chi connectivity index (χ0) is 11.6. The first-order valence-corrected chi connectivity index (χ1v) is 6.63. The van der Waals surface area contributed by atoms with Crippen LogP contribution in [-0.2, 0) is 9.53 Å². The highest BCUT2D eigenvalue weighted by Crippen LogP contribution is 2.65. The first kappa shape index (κ1) is 10.6. The molecule has 4 rings (SSSR count). The summed E-state index contributed by atoms with van der Waals surface area (Å²) < 4.78 is 5.79. The quantitative estimate of drug-likeness (QED) is 0.637. The van der Waals surface area contributed by atoms with Gasteiger partial charge in [-0.25, -0.2) is 0 Å². The Bertz CT molecular complexity index is 320. The number of rotatable bonds is 1. The molecule has 4 aliphatic rings. The predicted molar refractivity (Wildman–Crippen MR) is 61.8 cm³/mol. The van der Waals surface area contributed by atoms with Crippen LogP contribution in [0.3, 0.4) is 0 Å². The fourth-order valence-corrected chi connectivity index (χ4v) is 5.21. The lowest BCUT2D eigenvalue weighted by atomic mass is 9.44. The van der Waals surface area contributed by atoms with Crippen molar-refractivity contribution >= 4 is 5.97 Å². The second kappa shape index (κ2) is 3.02. The van der Waals surface area contributed by atoms with E-state index in [2.05, 4.69) is 13.8 Å². The summed E-state index contributed by atoms with van der Waals surface area (Å²) in [6.07, 6.45) is 6.34. The minimum absolute atomic E-state index is 0.0857. The van der Waals surface area contributed by atoms with Crippen LogP contribution < -0.4 is 0 Å². The highest BCUT2D eigenvalue weighted by molar-refractivity contribution is 5.66. The van der Waals surface area contributed by atoms with Crippen molar-refractivity contribution in [2.75, 3.05) is 0 Å². The average molecular weight is 222 g/mol. The molecule has 0 aliphatic heterocycles. The van der Waals surface area contributed by atoms with E-state index in [9.17, 15) is 4.79 Å². The molecule has 0 radical (unpaired) electrons. The molecule has 0 saturated heterocycles. The third-order valence-corrected chi connectivity index (χ3v) is 5.63. The van der Waals surface area contributed by atoms with Crippen molar-refractivity contribution in [3.8, 4) is 0 Å². The Balaban J connectivity index is 1.96. The molecule has 2 heteroatoms. The van der Waals surface area contributed by atoms with Gasteiger partial charge in [-0.05, 0) is 49.4 Å². The van der Waals surface area contributed by atoms with Gasteiger partial charge in [-0.15, -0.1) is 0 Å². The summed E-state index contributed by atoms with van der Waals surface area (Å²) in [6, 6.07) is 0. The van der Waals surface area contributed by atoms with E-state index < -0.39 is 0 Å². The maximum atomic E-state index is 11.4. The molecule has 0 amide bonds. The minimum Gasteiger partial charge on any atom is -0.459 e. The van der Waals surface area contributed by atoms with Gasteiger partial charge in [-0.3, -0.25) is 4.79 Å². The van der Waals surface area contributed by atoms with E-state index in [1.165, 1.54) is 19.3 Å². The lowest BCUT2D eigenvalue weighted by molar-refractivity contribution is -0.223. The van der Waals surface area contributed by atoms with E-state index in [0.29, 0.717) is 11.3 Å². The third kappa shape index (κ3) is 1.28. The van der Waals surface area contributed by atoms with Crippen LogP contribution in [0.5, 0.6) is 0 Å². The Kier molecular flexibility index (Phi) is 2.01. The molecule has 0 aromatic rings. The number of carbonyl (C=O) groups excluding carboxylic acids is 1. The maximum Gasteiger partial charge on any atom is 0.303 e. The minimum atomic E-state index is -0.106.